The van der Waals surface area contributed by atoms with Crippen LogP contribution < -0.4 is 11.2 Å². The number of amidine groups is 1. The van der Waals surface area contributed by atoms with E-state index in [1.807, 2.05) is 0 Å². The molecule has 0 bridgehead atoms. The normalized spacial score (nSPS) is 11.8. The fourth-order valence-corrected chi connectivity index (χ4v) is 1.21. The van der Waals surface area contributed by atoms with E-state index in [9.17, 15) is 13.2 Å². The lowest BCUT2D eigenvalue weighted by molar-refractivity contribution is -0.137. The van der Waals surface area contributed by atoms with Crippen molar-refractivity contribution in [1.29, 1.82) is 10.7 Å². The number of benzene rings is 1. The number of anilines is 1. The summed E-state index contributed by atoms with van der Waals surface area (Å²) < 4.78 is 37.4. The van der Waals surface area contributed by atoms with Gasteiger partial charge in [0.1, 0.15) is 6.07 Å². The van der Waals surface area contributed by atoms with Gasteiger partial charge in [-0.2, -0.15) is 23.5 Å². The van der Waals surface area contributed by atoms with Gasteiger partial charge in [-0.15, -0.1) is 0 Å². The molecule has 5 nitrogen and oxygen atoms in total. The number of alkyl halides is 3. The van der Waals surface area contributed by atoms with E-state index in [2.05, 4.69) is 10.5 Å². The van der Waals surface area contributed by atoms with Gasteiger partial charge in [-0.05, 0) is 18.2 Å². The Balaban J connectivity index is 3.09. The van der Waals surface area contributed by atoms with Crippen molar-refractivity contribution >= 4 is 28.8 Å². The van der Waals surface area contributed by atoms with Gasteiger partial charge in [0.15, 0.2) is 5.84 Å². The van der Waals surface area contributed by atoms with E-state index < -0.39 is 23.3 Å². The fourth-order valence-electron chi connectivity index (χ4n) is 1.05. The molecule has 0 fully saturated rings. The fraction of sp³-hybridized carbons (Fsp3) is 0.100. The minimum absolute atomic E-state index is 0.0161. The standard InChI is InChI=1S/C10H7ClF3N5/c11-6-2-1-5(10(12,13)14)3-7(6)18-19-8(4-15)9(16)17/h1-3,18H,(H3,16,17)/b19-8+. The zero-order valence-electron chi connectivity index (χ0n) is 9.22. The maximum atomic E-state index is 12.5. The first kappa shape index (κ1) is 14.8. The molecule has 0 aliphatic heterocycles. The summed E-state index contributed by atoms with van der Waals surface area (Å²) in [6.07, 6.45) is -4.52. The summed E-state index contributed by atoms with van der Waals surface area (Å²) in [6.45, 7) is 0. The van der Waals surface area contributed by atoms with Crippen LogP contribution in [0.5, 0.6) is 0 Å². The van der Waals surface area contributed by atoms with E-state index in [4.69, 9.17) is 28.0 Å². The number of hydrogen-bond donors (Lipinski definition) is 3. The second-order valence-electron chi connectivity index (χ2n) is 3.29. The van der Waals surface area contributed by atoms with Gasteiger partial charge >= 0.3 is 6.18 Å². The van der Waals surface area contributed by atoms with Crippen LogP contribution >= 0.6 is 11.6 Å². The number of nitrogens with one attached hydrogen (secondary N) is 2. The lowest BCUT2D eigenvalue weighted by Gasteiger charge is -2.10. The number of hydrogen-bond acceptors (Lipinski definition) is 4. The van der Waals surface area contributed by atoms with E-state index in [1.165, 1.54) is 6.07 Å². The number of nitrogens with two attached hydrogens (primary N) is 1. The van der Waals surface area contributed by atoms with Gasteiger partial charge in [0.05, 0.1) is 16.3 Å². The van der Waals surface area contributed by atoms with Crippen molar-refractivity contribution in [1.82, 2.24) is 0 Å². The number of hydrazone groups is 1. The Bertz CT molecular complexity index is 574. The molecular formula is C10H7ClF3N5. The van der Waals surface area contributed by atoms with Gasteiger partial charge < -0.3 is 5.73 Å². The number of halogens is 4. The highest BCUT2D eigenvalue weighted by Gasteiger charge is 2.30. The summed E-state index contributed by atoms with van der Waals surface area (Å²) in [5.74, 6) is -0.613. The van der Waals surface area contributed by atoms with Gasteiger partial charge in [0.2, 0.25) is 5.71 Å². The average molecular weight is 290 g/mol. The van der Waals surface area contributed by atoms with Crippen molar-refractivity contribution in [2.24, 2.45) is 10.8 Å². The van der Waals surface area contributed by atoms with E-state index in [1.54, 1.807) is 0 Å². The molecule has 1 rings (SSSR count). The third-order valence-electron chi connectivity index (χ3n) is 1.94. The second kappa shape index (κ2) is 5.58. The molecule has 0 aromatic heterocycles. The Morgan fingerprint density at radius 1 is 1.47 bits per heavy atom. The summed E-state index contributed by atoms with van der Waals surface area (Å²) in [4.78, 5) is 0. The van der Waals surface area contributed by atoms with Crippen LogP contribution in [0.1, 0.15) is 5.56 Å². The molecule has 4 N–H and O–H groups in total. The molecule has 0 aliphatic carbocycles. The molecule has 100 valence electrons. The van der Waals surface area contributed by atoms with Crippen LogP contribution in [0.2, 0.25) is 5.02 Å². The Labute approximate surface area is 111 Å². The highest BCUT2D eigenvalue weighted by molar-refractivity contribution is 6.45. The lowest BCUT2D eigenvalue weighted by atomic mass is 10.2. The third-order valence-corrected chi connectivity index (χ3v) is 2.27. The molecule has 0 radical (unpaired) electrons. The summed E-state index contributed by atoms with van der Waals surface area (Å²) in [6, 6.07) is 4.10. The second-order valence-corrected chi connectivity index (χ2v) is 3.70. The predicted octanol–water partition coefficient (Wildman–Crippen LogP) is 2.59. The number of rotatable bonds is 3. The highest BCUT2D eigenvalue weighted by atomic mass is 35.5. The zero-order valence-corrected chi connectivity index (χ0v) is 9.97. The summed E-state index contributed by atoms with van der Waals surface area (Å²) in [5.41, 5.74) is 5.66. The SMILES string of the molecule is N#C/C(=N\Nc1cc(C(F)(F)F)ccc1Cl)C(=N)N. The van der Waals surface area contributed by atoms with E-state index in [-0.39, 0.29) is 10.7 Å². The van der Waals surface area contributed by atoms with Crippen LogP contribution in [0.4, 0.5) is 18.9 Å². The Kier molecular flexibility index (Phi) is 4.34. The summed E-state index contributed by atoms with van der Waals surface area (Å²) >= 11 is 5.69. The van der Waals surface area contributed by atoms with Crippen molar-refractivity contribution < 1.29 is 13.2 Å². The van der Waals surface area contributed by atoms with Gasteiger partial charge in [-0.3, -0.25) is 10.8 Å². The van der Waals surface area contributed by atoms with Crippen LogP contribution in [0, 0.1) is 16.7 Å². The monoisotopic (exact) mass is 289 g/mol. The van der Waals surface area contributed by atoms with Gasteiger partial charge in [0, 0.05) is 0 Å². The van der Waals surface area contributed by atoms with Crippen LogP contribution in [0.25, 0.3) is 0 Å². The highest BCUT2D eigenvalue weighted by Crippen LogP contribution is 2.33. The van der Waals surface area contributed by atoms with Crippen LogP contribution in [0.15, 0.2) is 23.3 Å². The van der Waals surface area contributed by atoms with Crippen molar-refractivity contribution in [3.63, 3.8) is 0 Å². The minimum Gasteiger partial charge on any atom is -0.382 e. The molecule has 0 saturated heterocycles. The first-order valence-corrected chi connectivity index (χ1v) is 5.08. The lowest BCUT2D eigenvalue weighted by Crippen LogP contribution is -2.22. The Morgan fingerprint density at radius 2 is 2.11 bits per heavy atom. The van der Waals surface area contributed by atoms with Gasteiger partial charge in [0.25, 0.3) is 0 Å². The Hall–Kier alpha value is -2.27. The average Bonchev–Trinajstić information content (AvgIpc) is 2.30. The van der Waals surface area contributed by atoms with E-state index >= 15 is 0 Å². The van der Waals surface area contributed by atoms with E-state index in [0.29, 0.717) is 0 Å². The van der Waals surface area contributed by atoms with Crippen molar-refractivity contribution in [3.8, 4) is 6.07 Å². The molecular weight excluding hydrogens is 283 g/mol. The first-order chi connectivity index (χ1) is 8.75. The predicted molar refractivity (Wildman–Crippen MR) is 65.0 cm³/mol. The van der Waals surface area contributed by atoms with Crippen LogP contribution in [-0.2, 0) is 6.18 Å². The first-order valence-electron chi connectivity index (χ1n) is 4.70. The molecule has 1 aromatic carbocycles. The molecule has 0 unspecified atom stereocenters. The molecule has 19 heavy (non-hydrogen) atoms. The zero-order chi connectivity index (χ0) is 14.6. The molecule has 9 heteroatoms. The molecule has 0 amide bonds. The molecule has 0 aliphatic rings. The Morgan fingerprint density at radius 3 is 2.58 bits per heavy atom. The van der Waals surface area contributed by atoms with Crippen molar-refractivity contribution in [2.45, 2.75) is 6.18 Å². The number of nitriles is 1. The van der Waals surface area contributed by atoms with Crippen LogP contribution in [0.3, 0.4) is 0 Å². The minimum atomic E-state index is -4.52. The largest absolute Gasteiger partial charge is 0.416 e. The maximum Gasteiger partial charge on any atom is 0.416 e. The molecule has 0 atom stereocenters. The molecule has 0 saturated carbocycles. The summed E-state index contributed by atoms with van der Waals surface area (Å²) in [5, 5.41) is 18.9. The summed E-state index contributed by atoms with van der Waals surface area (Å²) in [7, 11) is 0. The molecule has 0 heterocycles. The van der Waals surface area contributed by atoms with E-state index in [0.717, 1.165) is 18.2 Å². The topological polar surface area (TPSA) is 98.0 Å². The van der Waals surface area contributed by atoms with Crippen molar-refractivity contribution in [3.05, 3.63) is 28.8 Å². The quantitative estimate of drug-likeness (QED) is 0.453. The van der Waals surface area contributed by atoms with Gasteiger partial charge in [-0.25, -0.2) is 0 Å². The van der Waals surface area contributed by atoms with Crippen LogP contribution in [-0.4, -0.2) is 11.5 Å². The maximum absolute atomic E-state index is 12.5. The molecule has 0 spiro atoms. The molecule has 1 aromatic rings. The third kappa shape index (κ3) is 3.86. The smallest absolute Gasteiger partial charge is 0.382 e. The van der Waals surface area contributed by atoms with Gasteiger partial charge in [-0.1, -0.05) is 11.6 Å². The number of nitrogens with zero attached hydrogens (tertiary/aromatic N) is 2. The van der Waals surface area contributed by atoms with Crippen molar-refractivity contribution in [2.75, 3.05) is 5.43 Å².